The predicted molar refractivity (Wildman–Crippen MR) is 131 cm³/mol. The van der Waals surface area contributed by atoms with Crippen LogP contribution in [0, 0.1) is 5.92 Å². The van der Waals surface area contributed by atoms with E-state index in [0.717, 1.165) is 32.4 Å². The third-order valence-corrected chi connectivity index (χ3v) is 7.36. The molecule has 3 aliphatic rings. The van der Waals surface area contributed by atoms with Crippen molar-refractivity contribution >= 4 is 23.7 Å². The number of pyridine rings is 1. The van der Waals surface area contributed by atoms with E-state index in [9.17, 15) is 19.2 Å². The van der Waals surface area contributed by atoms with Crippen LogP contribution in [0.4, 0.5) is 0 Å². The molecule has 0 saturated carbocycles. The van der Waals surface area contributed by atoms with Gasteiger partial charge >= 0.3 is 5.97 Å². The predicted octanol–water partition coefficient (Wildman–Crippen LogP) is 1.82. The number of aromatic nitrogens is 1. The van der Waals surface area contributed by atoms with E-state index in [1.807, 2.05) is 23.4 Å². The van der Waals surface area contributed by atoms with Gasteiger partial charge in [0.05, 0.1) is 6.54 Å². The molecule has 196 valence electrons. The highest BCUT2D eigenvalue weighted by Gasteiger charge is 2.34. The SMILES string of the molecule is O=C(CN1CCC(C(=O)NCCCCCN2CCC[C@H]2c2cccnc2)CC1)ON1C(=O)CCC1=O. The number of imide groups is 1. The number of piperidine rings is 1. The van der Waals surface area contributed by atoms with Crippen molar-refractivity contribution < 1.29 is 24.0 Å². The molecule has 0 unspecified atom stereocenters. The van der Waals surface area contributed by atoms with Crippen molar-refractivity contribution in [3.05, 3.63) is 30.1 Å². The van der Waals surface area contributed by atoms with E-state index in [4.69, 9.17) is 4.84 Å². The van der Waals surface area contributed by atoms with Gasteiger partial charge in [0.25, 0.3) is 11.8 Å². The Morgan fingerprint density at radius 1 is 1.03 bits per heavy atom. The Kier molecular flexibility index (Phi) is 9.41. The van der Waals surface area contributed by atoms with Gasteiger partial charge in [-0.3, -0.25) is 29.2 Å². The van der Waals surface area contributed by atoms with Crippen LogP contribution in [0.25, 0.3) is 0 Å². The number of carbonyl (C=O) groups excluding carboxylic acids is 4. The fraction of sp³-hybridized carbons (Fsp3) is 0.654. The first-order valence-electron chi connectivity index (χ1n) is 13.2. The second-order valence-electron chi connectivity index (χ2n) is 9.93. The van der Waals surface area contributed by atoms with Crippen LogP contribution in [0.3, 0.4) is 0 Å². The molecule has 3 fully saturated rings. The zero-order chi connectivity index (χ0) is 25.3. The quantitative estimate of drug-likeness (QED) is 0.363. The molecule has 0 aromatic carbocycles. The Labute approximate surface area is 212 Å². The molecule has 10 heteroatoms. The van der Waals surface area contributed by atoms with Gasteiger partial charge in [-0.2, -0.15) is 0 Å². The summed E-state index contributed by atoms with van der Waals surface area (Å²) in [6.07, 6.45) is 10.9. The van der Waals surface area contributed by atoms with Gasteiger partial charge in [-0.05, 0) is 76.3 Å². The lowest BCUT2D eigenvalue weighted by atomic mass is 9.96. The van der Waals surface area contributed by atoms with Gasteiger partial charge in [0.15, 0.2) is 0 Å². The number of unbranched alkanes of at least 4 members (excludes halogenated alkanes) is 2. The number of nitrogens with zero attached hydrogens (tertiary/aromatic N) is 4. The molecule has 1 aromatic rings. The van der Waals surface area contributed by atoms with Crippen LogP contribution in [0.2, 0.25) is 0 Å². The van der Waals surface area contributed by atoms with Crippen LogP contribution in [0.1, 0.15) is 69.4 Å². The van der Waals surface area contributed by atoms with Gasteiger partial charge < -0.3 is 10.2 Å². The zero-order valence-corrected chi connectivity index (χ0v) is 20.9. The third-order valence-electron chi connectivity index (χ3n) is 7.36. The monoisotopic (exact) mass is 499 g/mol. The summed E-state index contributed by atoms with van der Waals surface area (Å²) in [6, 6.07) is 4.66. The van der Waals surface area contributed by atoms with Crippen molar-refractivity contribution in [2.45, 2.75) is 63.8 Å². The van der Waals surface area contributed by atoms with Gasteiger partial charge in [0, 0.05) is 43.7 Å². The minimum Gasteiger partial charge on any atom is -0.356 e. The third kappa shape index (κ3) is 7.10. The van der Waals surface area contributed by atoms with Crippen molar-refractivity contribution in [2.24, 2.45) is 5.92 Å². The molecule has 0 spiro atoms. The molecule has 4 rings (SSSR count). The molecule has 10 nitrogen and oxygen atoms in total. The average Bonchev–Trinajstić information content (AvgIpc) is 3.49. The van der Waals surface area contributed by atoms with Gasteiger partial charge in [-0.15, -0.1) is 5.06 Å². The summed E-state index contributed by atoms with van der Waals surface area (Å²) in [5.74, 6) is -1.55. The molecule has 0 radical (unpaired) electrons. The highest BCUT2D eigenvalue weighted by atomic mass is 16.7. The van der Waals surface area contributed by atoms with E-state index in [0.29, 0.717) is 43.6 Å². The van der Waals surface area contributed by atoms with E-state index in [2.05, 4.69) is 21.3 Å². The van der Waals surface area contributed by atoms with E-state index < -0.39 is 17.8 Å². The standard InChI is InChI=1S/C26H37N5O5/c32-23-8-9-24(33)31(23)36-25(34)19-29-16-10-20(11-17-29)26(35)28-13-2-1-3-14-30-15-5-7-22(30)21-6-4-12-27-18-21/h4,6,12,18,20,22H,1-3,5,7-11,13-17,19H2,(H,28,35)/t22-/m0/s1. The Balaban J connectivity index is 1.05. The van der Waals surface area contributed by atoms with Crippen molar-refractivity contribution in [3.63, 3.8) is 0 Å². The molecule has 3 aliphatic heterocycles. The van der Waals surface area contributed by atoms with Crippen molar-refractivity contribution in [1.29, 1.82) is 0 Å². The van der Waals surface area contributed by atoms with E-state index in [-0.39, 0.29) is 31.2 Å². The van der Waals surface area contributed by atoms with Crippen LogP contribution < -0.4 is 5.32 Å². The number of hydrogen-bond donors (Lipinski definition) is 1. The molecule has 1 atom stereocenters. The number of carbonyl (C=O) groups is 4. The van der Waals surface area contributed by atoms with Gasteiger partial charge in [-0.25, -0.2) is 4.79 Å². The zero-order valence-electron chi connectivity index (χ0n) is 20.9. The fourth-order valence-corrected chi connectivity index (χ4v) is 5.34. The smallest absolute Gasteiger partial charge is 0.347 e. The lowest BCUT2D eigenvalue weighted by Gasteiger charge is -2.30. The molecule has 1 aromatic heterocycles. The molecule has 36 heavy (non-hydrogen) atoms. The Bertz CT molecular complexity index is 903. The summed E-state index contributed by atoms with van der Waals surface area (Å²) in [7, 11) is 0. The molecular weight excluding hydrogens is 462 g/mol. The molecule has 0 aliphatic carbocycles. The summed E-state index contributed by atoms with van der Waals surface area (Å²) in [6.45, 7) is 4.11. The maximum absolute atomic E-state index is 12.6. The molecule has 0 bridgehead atoms. The first kappa shape index (κ1) is 26.2. The van der Waals surface area contributed by atoms with E-state index in [1.165, 1.54) is 18.4 Å². The van der Waals surface area contributed by atoms with Crippen LogP contribution in [-0.2, 0) is 24.0 Å². The number of amides is 3. The average molecular weight is 500 g/mol. The van der Waals surface area contributed by atoms with Crippen LogP contribution in [-0.4, -0.2) is 82.8 Å². The van der Waals surface area contributed by atoms with Crippen LogP contribution in [0.15, 0.2) is 24.5 Å². The van der Waals surface area contributed by atoms with Crippen molar-refractivity contribution in [3.8, 4) is 0 Å². The fourth-order valence-electron chi connectivity index (χ4n) is 5.34. The second-order valence-corrected chi connectivity index (χ2v) is 9.93. The summed E-state index contributed by atoms with van der Waals surface area (Å²) in [4.78, 5) is 61.4. The number of likely N-dealkylation sites (tertiary alicyclic amines) is 2. The normalized spacial score (nSPS) is 21.8. The topological polar surface area (TPSA) is 112 Å². The molecule has 3 amide bonds. The summed E-state index contributed by atoms with van der Waals surface area (Å²) >= 11 is 0. The summed E-state index contributed by atoms with van der Waals surface area (Å²) < 4.78 is 0. The van der Waals surface area contributed by atoms with Gasteiger partial charge in [-0.1, -0.05) is 12.5 Å². The summed E-state index contributed by atoms with van der Waals surface area (Å²) in [5.41, 5.74) is 1.31. The number of nitrogens with one attached hydrogen (secondary N) is 1. The Morgan fingerprint density at radius 3 is 2.53 bits per heavy atom. The number of rotatable bonds is 11. The highest BCUT2D eigenvalue weighted by Crippen LogP contribution is 2.31. The first-order chi connectivity index (χ1) is 17.5. The number of hydroxylamine groups is 2. The minimum atomic E-state index is -0.623. The Hall–Kier alpha value is -2.85. The maximum Gasteiger partial charge on any atom is 0.347 e. The number of hydrogen-bond acceptors (Lipinski definition) is 8. The Morgan fingerprint density at radius 2 is 1.81 bits per heavy atom. The molecule has 1 N–H and O–H groups in total. The van der Waals surface area contributed by atoms with Crippen LogP contribution >= 0.6 is 0 Å². The molecule has 4 heterocycles. The first-order valence-corrected chi connectivity index (χ1v) is 13.2. The van der Waals surface area contributed by atoms with E-state index >= 15 is 0 Å². The van der Waals surface area contributed by atoms with Crippen molar-refractivity contribution in [1.82, 2.24) is 25.2 Å². The van der Waals surface area contributed by atoms with Crippen molar-refractivity contribution in [2.75, 3.05) is 39.3 Å². The lowest BCUT2D eigenvalue weighted by Crippen LogP contribution is -2.44. The summed E-state index contributed by atoms with van der Waals surface area (Å²) in [5, 5.41) is 3.65. The lowest BCUT2D eigenvalue weighted by molar-refractivity contribution is -0.198. The van der Waals surface area contributed by atoms with Crippen LogP contribution in [0.5, 0.6) is 0 Å². The van der Waals surface area contributed by atoms with Gasteiger partial charge in [0.2, 0.25) is 5.91 Å². The van der Waals surface area contributed by atoms with E-state index in [1.54, 1.807) is 0 Å². The molecule has 3 saturated heterocycles. The largest absolute Gasteiger partial charge is 0.356 e. The minimum absolute atomic E-state index is 0.00403. The maximum atomic E-state index is 12.6. The second kappa shape index (κ2) is 12.9. The molecular formula is C26H37N5O5. The van der Waals surface area contributed by atoms with Gasteiger partial charge in [0.1, 0.15) is 0 Å². The highest BCUT2D eigenvalue weighted by molar-refractivity contribution is 6.01.